The summed E-state index contributed by atoms with van der Waals surface area (Å²) in [6, 6.07) is 9.98. The number of imidazole rings is 2. The molecule has 0 radical (unpaired) electrons. The number of hydrogen-bond acceptors (Lipinski definition) is 20. The van der Waals surface area contributed by atoms with E-state index in [1.54, 1.807) is 52.2 Å². The molecule has 2 aromatic carbocycles. The Morgan fingerprint density at radius 3 is 1.33 bits per heavy atom. The van der Waals surface area contributed by atoms with E-state index >= 15 is 0 Å². The molecule has 0 spiro atoms. The molecule has 108 heavy (non-hydrogen) atoms. The van der Waals surface area contributed by atoms with Crippen molar-refractivity contribution in [2.45, 2.75) is 222 Å². The molecule has 2 N–H and O–H groups in total. The molecule has 0 bridgehead atoms. The number of carbonyl (C=O) groups excluding carboxylic acids is 4. The van der Waals surface area contributed by atoms with E-state index in [9.17, 15) is 64.7 Å². The van der Waals surface area contributed by atoms with Crippen LogP contribution in [0.15, 0.2) is 92.5 Å². The Balaban J connectivity index is 0.000000398. The summed E-state index contributed by atoms with van der Waals surface area (Å²) in [7, 11) is 0. The zero-order valence-electron chi connectivity index (χ0n) is 62.1. The molecule has 8 rings (SSSR count). The van der Waals surface area contributed by atoms with Crippen LogP contribution in [0.4, 0.5) is 45.5 Å². The van der Waals surface area contributed by atoms with Crippen LogP contribution in [0, 0.1) is 0 Å². The number of fused-ring (bicyclic) bond motifs is 2. The third-order valence-corrected chi connectivity index (χ3v) is 15.7. The van der Waals surface area contributed by atoms with Crippen LogP contribution in [0.3, 0.4) is 0 Å². The van der Waals surface area contributed by atoms with E-state index in [4.69, 9.17) is 61.0 Å². The van der Waals surface area contributed by atoms with Gasteiger partial charge in [-0.15, -0.1) is 0 Å². The van der Waals surface area contributed by atoms with Crippen LogP contribution < -0.4 is 22.5 Å². The molecule has 0 saturated carbocycles. The largest absolute Gasteiger partial charge is 0.510 e. The molecule has 6 aromatic heterocycles. The fraction of sp³-hybridized carbons (Fsp3) is 0.543. The quantitative estimate of drug-likeness (QED) is 0.0151. The second kappa shape index (κ2) is 47.2. The molecular weight excluding hydrogens is 1520 g/mol. The Bertz CT molecular complexity index is 4330. The maximum absolute atomic E-state index is 13.7. The Morgan fingerprint density at radius 1 is 0.528 bits per heavy atom. The minimum absolute atomic E-state index is 0.0319. The Kier molecular flexibility index (Phi) is 40.8. The minimum Gasteiger partial charge on any atom is -0.434 e. The van der Waals surface area contributed by atoms with Crippen molar-refractivity contribution in [3.05, 3.63) is 137 Å². The van der Waals surface area contributed by atoms with E-state index in [0.29, 0.717) is 99.5 Å². The summed E-state index contributed by atoms with van der Waals surface area (Å²) < 4.78 is 121. The Labute approximate surface area is 639 Å². The molecule has 6 heterocycles. The third kappa shape index (κ3) is 28.9. The zero-order valence-corrected chi connectivity index (χ0v) is 65.2. The van der Waals surface area contributed by atoms with Crippen molar-refractivity contribution in [3.63, 3.8) is 0 Å². The molecule has 0 aliphatic heterocycles. The van der Waals surface area contributed by atoms with Crippen molar-refractivity contribution in [1.82, 2.24) is 57.3 Å². The molecule has 0 aliphatic carbocycles. The zero-order chi connectivity index (χ0) is 81.0. The summed E-state index contributed by atoms with van der Waals surface area (Å²) in [6.07, 6.45) is 0.0995. The van der Waals surface area contributed by atoms with Crippen molar-refractivity contribution in [2.75, 3.05) is 26.4 Å². The Morgan fingerprint density at radius 2 is 0.944 bits per heavy atom. The standard InChI is InChI=1S/C28H33F3N6O5.C21H21F3N6O2.2C7H13ClO3.C4H6Cl2O2.C3H8O/c1-5-12-36-25(38)22-24(35(8-4)26(36)39)33-23(37(22)21(7-3)42-27(40)41-13-6-2)19-15-32-34(17-19)16-18-10-9-11-20(14-18)28(29,30)31;1-3-8-30-19(31)16-18(29(4-2)20(30)32)27-17(26-16)14-10-25-28(12-14)11-13-6-5-7-15(9-13)21(22,23)24;2*1-3-5-10-7(9)11-6(8)4-2;1-2-3(5)8-4(6)7;1-2-3-4/h9-11,14-15,17,21H,5-8,12-13,16H2,1-4H3;5-7,9-10,12H,3-4,8,11H2,1-2H3,(H,26,27);2*6H,3-5H2,1-2H3;3H,2H2,1H3;4H,2-3H2,1H3. The van der Waals surface area contributed by atoms with E-state index < -0.39 is 92.8 Å². The first-order valence-corrected chi connectivity index (χ1v) is 36.7. The SMILES string of the molecule is CCC(Cl)OC(=O)Cl.CCCO.CCCOC(=O)OC(CC)n1c(-c2cnn(Cc3cccc(C(F)(F)F)c3)c2)nc2c1c(=O)n(CCC)c(=O)n2CC.CCCOC(=O)OC(Cl)CC.CCCOC(=O)OC(Cl)CC.CCCn1c(=O)c2[nH]c(-c3cnn(Cc4cccc(C(F)(F)F)c4)c3)nc2n(CC)c1=O. The monoisotopic (exact) mass is 1610 g/mol. The molecule has 38 heteroatoms. The van der Waals surface area contributed by atoms with Gasteiger partial charge >= 0.3 is 47.6 Å². The summed E-state index contributed by atoms with van der Waals surface area (Å²) in [4.78, 5) is 108. The number of benzene rings is 2. The fourth-order valence-electron chi connectivity index (χ4n) is 9.31. The topological polar surface area (TPSA) is 323 Å². The molecule has 0 aliphatic rings. The highest BCUT2D eigenvalue weighted by atomic mass is 35.5. The summed E-state index contributed by atoms with van der Waals surface area (Å²) in [5.41, 5.74) is -3.57. The minimum atomic E-state index is -4.48. The Hall–Kier alpha value is -8.86. The highest BCUT2D eigenvalue weighted by molar-refractivity contribution is 6.61. The number of aromatic amines is 1. The van der Waals surface area contributed by atoms with Crippen molar-refractivity contribution < 1.29 is 83.8 Å². The van der Waals surface area contributed by atoms with Crippen molar-refractivity contribution in [1.29, 1.82) is 0 Å². The number of aliphatic hydroxyl groups excluding tert-OH is 1. The number of H-pyrrole nitrogens is 1. The molecule has 4 atom stereocenters. The highest BCUT2D eigenvalue weighted by Gasteiger charge is 2.33. The van der Waals surface area contributed by atoms with Gasteiger partial charge in [0.15, 0.2) is 39.7 Å². The highest BCUT2D eigenvalue weighted by Crippen LogP contribution is 2.33. The molecule has 600 valence electrons. The van der Waals surface area contributed by atoms with Gasteiger partial charge in [0.25, 0.3) is 11.1 Å². The van der Waals surface area contributed by atoms with Gasteiger partial charge in [-0.1, -0.05) is 128 Å². The van der Waals surface area contributed by atoms with Gasteiger partial charge in [0, 0.05) is 63.2 Å². The van der Waals surface area contributed by atoms with E-state index in [1.807, 2.05) is 55.4 Å². The number of aromatic nitrogens is 12. The molecule has 0 fully saturated rings. The van der Waals surface area contributed by atoms with Gasteiger partial charge in [-0.2, -0.15) is 36.5 Å². The van der Waals surface area contributed by atoms with Gasteiger partial charge in [-0.25, -0.2) is 38.7 Å². The number of alkyl halides is 9. The van der Waals surface area contributed by atoms with Gasteiger partial charge < -0.3 is 43.2 Å². The van der Waals surface area contributed by atoms with E-state index in [2.05, 4.69) is 48.8 Å². The van der Waals surface area contributed by atoms with E-state index in [-0.39, 0.29) is 67.4 Å². The van der Waals surface area contributed by atoms with Gasteiger partial charge in [0.05, 0.1) is 67.6 Å². The molecule has 8 aromatic rings. The van der Waals surface area contributed by atoms with Gasteiger partial charge in [-0.05, 0) is 107 Å². The smallest absolute Gasteiger partial charge is 0.434 e. The maximum Gasteiger partial charge on any atom is 0.510 e. The second-order valence-corrected chi connectivity index (χ2v) is 24.8. The van der Waals surface area contributed by atoms with Crippen molar-refractivity contribution in [2.24, 2.45) is 0 Å². The molecule has 0 amide bonds. The normalized spacial score (nSPS) is 12.2. The first-order chi connectivity index (χ1) is 51.2. The van der Waals surface area contributed by atoms with Gasteiger partial charge in [-0.3, -0.25) is 41.8 Å². The number of ether oxygens (including phenoxy) is 7. The van der Waals surface area contributed by atoms with Gasteiger partial charge in [0.2, 0.25) is 0 Å². The third-order valence-electron chi connectivity index (χ3n) is 14.4. The van der Waals surface area contributed by atoms with Crippen molar-refractivity contribution >= 4 is 92.6 Å². The lowest BCUT2D eigenvalue weighted by Gasteiger charge is -2.20. The van der Waals surface area contributed by atoms with Crippen LogP contribution in [0.5, 0.6) is 0 Å². The molecule has 28 nitrogen and oxygen atoms in total. The lowest BCUT2D eigenvalue weighted by Crippen LogP contribution is -2.40. The molecule has 0 saturated heterocycles. The maximum atomic E-state index is 13.7. The average molecular weight is 1620 g/mol. The average Bonchev–Trinajstić information content (AvgIpc) is 1.57. The lowest BCUT2D eigenvalue weighted by atomic mass is 10.1. The summed E-state index contributed by atoms with van der Waals surface area (Å²) in [5.74, 6) is 0.548. The number of nitrogens with one attached hydrogen (secondary N) is 1. The van der Waals surface area contributed by atoms with Crippen LogP contribution in [-0.4, -0.2) is 129 Å². The molecule has 4 unspecified atom stereocenters. The van der Waals surface area contributed by atoms with Crippen LogP contribution in [0.1, 0.15) is 176 Å². The van der Waals surface area contributed by atoms with Crippen LogP contribution in [-0.2, 0) is 84.8 Å². The van der Waals surface area contributed by atoms with E-state index in [0.717, 1.165) is 48.1 Å². The van der Waals surface area contributed by atoms with Crippen molar-refractivity contribution in [3.8, 4) is 22.8 Å². The van der Waals surface area contributed by atoms with Crippen LogP contribution in [0.25, 0.3) is 45.1 Å². The van der Waals surface area contributed by atoms with Gasteiger partial charge in [0.1, 0.15) is 17.2 Å². The predicted octanol–water partition coefficient (Wildman–Crippen LogP) is 16.2. The van der Waals surface area contributed by atoms with E-state index in [1.165, 1.54) is 52.2 Å². The number of aliphatic hydroxyl groups is 1. The second-order valence-electron chi connectivity index (χ2n) is 23.0. The first kappa shape index (κ1) is 93.3. The number of hydrogen-bond donors (Lipinski definition) is 2. The predicted molar refractivity (Wildman–Crippen MR) is 395 cm³/mol. The lowest BCUT2D eigenvalue weighted by molar-refractivity contribution is -0.138. The summed E-state index contributed by atoms with van der Waals surface area (Å²) >= 11 is 21.2. The number of rotatable bonds is 28. The van der Waals surface area contributed by atoms with Crippen LogP contribution >= 0.6 is 46.4 Å². The summed E-state index contributed by atoms with van der Waals surface area (Å²) in [6.45, 7) is 24.5. The number of carbonyl (C=O) groups is 4. The number of halogens is 10. The fourth-order valence-corrected chi connectivity index (χ4v) is 9.69. The summed E-state index contributed by atoms with van der Waals surface area (Å²) in [5, 5.41) is 16.4. The number of aryl methyl sites for hydroxylation is 2. The number of nitrogens with zero attached hydrogens (tertiary/aromatic N) is 11. The van der Waals surface area contributed by atoms with Crippen LogP contribution in [0.2, 0.25) is 0 Å². The molecular formula is C70H94Cl4F6N12O16. The first-order valence-electron chi connectivity index (χ1n) is 35.0.